The zero-order chi connectivity index (χ0) is 27.9. The van der Waals surface area contributed by atoms with Gasteiger partial charge in [0.2, 0.25) is 0 Å². The van der Waals surface area contributed by atoms with Gasteiger partial charge in [-0.3, -0.25) is 9.13 Å². The average Bonchev–Trinajstić information content (AvgIpc) is 3.32. The van der Waals surface area contributed by atoms with Gasteiger partial charge in [-0.05, 0) is 63.5 Å². The second kappa shape index (κ2) is 8.29. The Kier molecular flexibility index (Phi) is 5.72. The van der Waals surface area contributed by atoms with E-state index in [0.717, 1.165) is 10.6 Å². The molecule has 0 bridgehead atoms. The van der Waals surface area contributed by atoms with E-state index in [2.05, 4.69) is 31.4 Å². The summed E-state index contributed by atoms with van der Waals surface area (Å²) >= 11 is 3.37. The van der Waals surface area contributed by atoms with E-state index in [4.69, 9.17) is 4.74 Å². The van der Waals surface area contributed by atoms with E-state index in [1.807, 2.05) is 0 Å². The van der Waals surface area contributed by atoms with Gasteiger partial charge >= 0.3 is 12.3 Å². The van der Waals surface area contributed by atoms with E-state index >= 15 is 4.39 Å². The third-order valence-electron chi connectivity index (χ3n) is 6.23. The lowest BCUT2D eigenvalue weighted by molar-refractivity contribution is -0.137. The van der Waals surface area contributed by atoms with Crippen LogP contribution in [0.5, 0.6) is 0 Å². The number of para-hydroxylation sites is 1. The molecule has 0 saturated carbocycles. The van der Waals surface area contributed by atoms with Crippen molar-refractivity contribution in [1.82, 2.24) is 19.3 Å². The lowest BCUT2D eigenvalue weighted by Crippen LogP contribution is -2.37. The van der Waals surface area contributed by atoms with Crippen molar-refractivity contribution < 1.29 is 27.1 Å². The molecule has 2 aromatic carbocycles. The largest absolute Gasteiger partial charge is 0.443 e. The number of hydrogen-bond donors (Lipinski definition) is 1. The molecule has 0 radical (unpaired) electrons. The summed E-state index contributed by atoms with van der Waals surface area (Å²) in [6, 6.07) is 5.53. The Balaban J connectivity index is 1.90. The molecule has 0 aliphatic carbocycles. The quantitative estimate of drug-likeness (QED) is 0.230. The third-order valence-corrected chi connectivity index (χ3v) is 6.86. The summed E-state index contributed by atoms with van der Waals surface area (Å²) in [5.74, 6) is -0.630. The lowest BCUT2D eigenvalue weighted by Gasteiger charge is -2.36. The molecule has 0 unspecified atom stereocenters. The number of halogens is 5. The summed E-state index contributed by atoms with van der Waals surface area (Å²) in [6.07, 6.45) is -4.40. The highest BCUT2D eigenvalue weighted by Gasteiger charge is 2.45. The highest BCUT2D eigenvalue weighted by atomic mass is 79.9. The summed E-state index contributed by atoms with van der Waals surface area (Å²) in [5, 5.41) is 11.5. The Morgan fingerprint density at radius 1 is 1.16 bits per heavy atom. The van der Waals surface area contributed by atoms with Gasteiger partial charge < -0.3 is 10.1 Å². The number of anilines is 1. The maximum atomic E-state index is 15.9. The summed E-state index contributed by atoms with van der Waals surface area (Å²) < 4.78 is 69.1. The molecule has 1 aliphatic heterocycles. The van der Waals surface area contributed by atoms with Crippen molar-refractivity contribution in [2.45, 2.75) is 58.9 Å². The van der Waals surface area contributed by atoms with E-state index in [0.29, 0.717) is 9.86 Å². The molecule has 7 nitrogen and oxygen atoms in total. The number of aryl methyl sites for hydroxylation is 1. The molecule has 38 heavy (non-hydrogen) atoms. The van der Waals surface area contributed by atoms with Crippen molar-refractivity contribution in [3.05, 3.63) is 58.0 Å². The van der Waals surface area contributed by atoms with Gasteiger partial charge in [0, 0.05) is 27.2 Å². The monoisotopic (exact) mass is 593 g/mol. The number of carbonyl (C=O) groups is 1. The van der Waals surface area contributed by atoms with Crippen LogP contribution in [0.25, 0.3) is 27.7 Å². The molecular weight excluding hydrogens is 570 g/mol. The number of hydrogen-bond acceptors (Lipinski definition) is 5. The van der Waals surface area contributed by atoms with Gasteiger partial charge in [0.25, 0.3) is 0 Å². The van der Waals surface area contributed by atoms with Crippen LogP contribution >= 0.6 is 15.9 Å². The molecular formula is C26H24BrF4N5O2. The van der Waals surface area contributed by atoms with E-state index in [1.165, 1.54) is 29.8 Å². The molecule has 5 rings (SSSR count). The molecule has 0 fully saturated rings. The lowest BCUT2D eigenvalue weighted by atomic mass is 9.91. The topological polar surface area (TPSA) is 74.0 Å². The molecule has 0 saturated heterocycles. The first-order chi connectivity index (χ1) is 17.5. The number of carbonyl (C=O) groups excluding carboxylic acids is 1. The summed E-state index contributed by atoms with van der Waals surface area (Å²) in [5.41, 5.74) is -4.09. The van der Waals surface area contributed by atoms with E-state index in [-0.39, 0.29) is 34.1 Å². The van der Waals surface area contributed by atoms with Crippen molar-refractivity contribution in [3.63, 3.8) is 0 Å². The first kappa shape index (κ1) is 26.2. The minimum absolute atomic E-state index is 0.0464. The highest BCUT2D eigenvalue weighted by Crippen LogP contribution is 2.50. The minimum atomic E-state index is -4.98. The highest BCUT2D eigenvalue weighted by molar-refractivity contribution is 9.10. The molecule has 4 aromatic rings. The number of ether oxygens (including phenoxy) is 1. The van der Waals surface area contributed by atoms with Crippen LogP contribution in [0.15, 0.2) is 34.9 Å². The number of aromatic nitrogens is 4. The number of alkyl halides is 3. The number of benzene rings is 2. The Morgan fingerprint density at radius 3 is 2.47 bits per heavy atom. The number of nitrogens with one attached hydrogen (secondary N) is 1. The summed E-state index contributed by atoms with van der Waals surface area (Å²) in [6.45, 7) is 10.00. The Hall–Kier alpha value is -3.41. The van der Waals surface area contributed by atoms with Crippen LogP contribution in [0.3, 0.4) is 0 Å². The van der Waals surface area contributed by atoms with Crippen LogP contribution in [-0.2, 0) is 16.5 Å². The van der Waals surface area contributed by atoms with Crippen molar-refractivity contribution >= 4 is 38.6 Å². The van der Waals surface area contributed by atoms with Crippen molar-refractivity contribution in [3.8, 4) is 16.8 Å². The van der Waals surface area contributed by atoms with E-state index < -0.39 is 40.4 Å². The van der Waals surface area contributed by atoms with E-state index in [9.17, 15) is 18.0 Å². The van der Waals surface area contributed by atoms with Gasteiger partial charge in [0.05, 0.1) is 28.0 Å². The number of rotatable bonds is 1. The molecule has 0 spiro atoms. The van der Waals surface area contributed by atoms with Gasteiger partial charge in [-0.25, -0.2) is 9.18 Å². The van der Waals surface area contributed by atoms with Crippen LogP contribution < -0.4 is 5.32 Å². The maximum Gasteiger partial charge on any atom is 0.419 e. The Labute approximate surface area is 223 Å². The van der Waals surface area contributed by atoms with Crippen LogP contribution in [-0.4, -0.2) is 31.0 Å². The first-order valence-corrected chi connectivity index (χ1v) is 12.5. The summed E-state index contributed by atoms with van der Waals surface area (Å²) in [7, 11) is 0. The normalized spacial score (nSPS) is 14.7. The third kappa shape index (κ3) is 4.05. The summed E-state index contributed by atoms with van der Waals surface area (Å²) in [4.78, 5) is 13.1. The van der Waals surface area contributed by atoms with Gasteiger partial charge in [0.1, 0.15) is 17.2 Å². The van der Waals surface area contributed by atoms with Gasteiger partial charge in [-0.1, -0.05) is 18.2 Å². The van der Waals surface area contributed by atoms with Crippen LogP contribution in [0.2, 0.25) is 0 Å². The van der Waals surface area contributed by atoms with Gasteiger partial charge in [-0.15, -0.1) is 10.2 Å². The molecule has 12 heteroatoms. The van der Waals surface area contributed by atoms with Gasteiger partial charge in [-0.2, -0.15) is 13.2 Å². The molecule has 200 valence electrons. The minimum Gasteiger partial charge on any atom is -0.443 e. The predicted octanol–water partition coefficient (Wildman–Crippen LogP) is 7.56. The maximum absolute atomic E-state index is 15.9. The van der Waals surface area contributed by atoms with Crippen molar-refractivity contribution in [1.29, 1.82) is 0 Å². The number of fused-ring (bicyclic) bond motifs is 4. The standard InChI is InChI=1S/C26H24BrF4N5O2/c1-12-33-34-22-25(5,6)32-17-10-16(28)18(19(26(29,30)31)21(17)36(12)22)14-9-7-8-13-15(27)11-35(20(13)14)23(37)38-24(2,3)4/h7-11,32H,1-6H3. The average molecular weight is 594 g/mol. The molecule has 2 aromatic heterocycles. The van der Waals surface area contributed by atoms with Gasteiger partial charge in [0.15, 0.2) is 5.82 Å². The zero-order valence-corrected chi connectivity index (χ0v) is 23.0. The second-order valence-corrected chi connectivity index (χ2v) is 11.5. The molecule has 3 heterocycles. The fourth-order valence-electron chi connectivity index (χ4n) is 4.83. The van der Waals surface area contributed by atoms with Crippen LogP contribution in [0.4, 0.5) is 28.0 Å². The molecule has 1 N–H and O–H groups in total. The fourth-order valence-corrected chi connectivity index (χ4v) is 5.36. The molecule has 0 amide bonds. The SMILES string of the molecule is Cc1nnc2n1-c1c(cc(F)c(-c3cccc4c(Br)cn(C(=O)OC(C)(C)C)c34)c1C(F)(F)F)NC2(C)C. The number of nitrogens with zero attached hydrogens (tertiary/aromatic N) is 4. The fraction of sp³-hybridized carbons (Fsp3) is 0.346. The van der Waals surface area contributed by atoms with Crippen LogP contribution in [0, 0.1) is 12.7 Å². The second-order valence-electron chi connectivity index (χ2n) is 10.7. The Morgan fingerprint density at radius 2 is 1.84 bits per heavy atom. The molecule has 1 aliphatic rings. The Bertz CT molecular complexity index is 1630. The predicted molar refractivity (Wildman–Crippen MR) is 138 cm³/mol. The van der Waals surface area contributed by atoms with Crippen molar-refractivity contribution in [2.24, 2.45) is 0 Å². The zero-order valence-electron chi connectivity index (χ0n) is 21.4. The first-order valence-electron chi connectivity index (χ1n) is 11.7. The van der Waals surface area contributed by atoms with Crippen molar-refractivity contribution in [2.75, 3.05) is 5.32 Å². The smallest absolute Gasteiger partial charge is 0.419 e. The van der Waals surface area contributed by atoms with Crippen LogP contribution in [0.1, 0.15) is 51.8 Å². The van der Waals surface area contributed by atoms with E-state index in [1.54, 1.807) is 40.7 Å². The molecule has 0 atom stereocenters.